The van der Waals surface area contributed by atoms with Crippen LogP contribution >= 0.6 is 12.4 Å². The van der Waals surface area contributed by atoms with Crippen LogP contribution in [0.5, 0.6) is 0 Å². The standard InChI is InChI=1S/C15H20N2O2.ClH/c18-15(12-5-9-19-10-6-12)17-8-7-16-11-13-3-1-2-4-14(13)17;/h1-4,12,16H,5-11H2;1H. The molecule has 0 atom stereocenters. The molecule has 1 amide bonds. The molecule has 0 radical (unpaired) electrons. The summed E-state index contributed by atoms with van der Waals surface area (Å²) in [7, 11) is 0. The molecule has 1 aromatic rings. The lowest BCUT2D eigenvalue weighted by molar-refractivity contribution is -0.125. The monoisotopic (exact) mass is 296 g/mol. The second kappa shape index (κ2) is 7.07. The Kier molecular flexibility index (Phi) is 5.40. The number of halogens is 1. The first-order valence-corrected chi connectivity index (χ1v) is 7.04. The summed E-state index contributed by atoms with van der Waals surface area (Å²) in [6.45, 7) is 3.87. The number of benzene rings is 1. The van der Waals surface area contributed by atoms with E-state index in [-0.39, 0.29) is 24.2 Å². The van der Waals surface area contributed by atoms with Gasteiger partial charge in [-0.05, 0) is 24.5 Å². The van der Waals surface area contributed by atoms with Gasteiger partial charge in [0.2, 0.25) is 5.91 Å². The Morgan fingerprint density at radius 2 is 2.00 bits per heavy atom. The Bertz CT molecular complexity index is 461. The number of para-hydroxylation sites is 1. The number of hydrogen-bond acceptors (Lipinski definition) is 3. The van der Waals surface area contributed by atoms with E-state index in [2.05, 4.69) is 17.4 Å². The van der Waals surface area contributed by atoms with Gasteiger partial charge in [-0.3, -0.25) is 4.79 Å². The summed E-state index contributed by atoms with van der Waals surface area (Å²) in [6, 6.07) is 8.19. The van der Waals surface area contributed by atoms with Gasteiger partial charge in [-0.25, -0.2) is 0 Å². The zero-order valence-electron chi connectivity index (χ0n) is 11.5. The Morgan fingerprint density at radius 1 is 1.25 bits per heavy atom. The summed E-state index contributed by atoms with van der Waals surface area (Å²) >= 11 is 0. The van der Waals surface area contributed by atoms with E-state index in [9.17, 15) is 4.79 Å². The van der Waals surface area contributed by atoms with Gasteiger partial charge in [0.25, 0.3) is 0 Å². The Hall–Kier alpha value is -1.10. The maximum absolute atomic E-state index is 12.7. The average molecular weight is 297 g/mol. The van der Waals surface area contributed by atoms with Gasteiger partial charge in [0.15, 0.2) is 0 Å². The van der Waals surface area contributed by atoms with Crippen LogP contribution in [0.4, 0.5) is 5.69 Å². The molecule has 5 heteroatoms. The number of ether oxygens (including phenoxy) is 1. The fourth-order valence-corrected chi connectivity index (χ4v) is 2.85. The van der Waals surface area contributed by atoms with Gasteiger partial charge in [0.05, 0.1) is 0 Å². The summed E-state index contributed by atoms with van der Waals surface area (Å²) in [5, 5.41) is 3.37. The Balaban J connectivity index is 0.00000147. The molecule has 1 fully saturated rings. The van der Waals surface area contributed by atoms with Gasteiger partial charge in [-0.15, -0.1) is 12.4 Å². The highest BCUT2D eigenvalue weighted by Gasteiger charge is 2.28. The largest absolute Gasteiger partial charge is 0.381 e. The molecule has 0 spiro atoms. The summed E-state index contributed by atoms with van der Waals surface area (Å²) in [4.78, 5) is 14.7. The van der Waals surface area contributed by atoms with Crippen LogP contribution in [0.3, 0.4) is 0 Å². The molecule has 0 bridgehead atoms. The second-order valence-electron chi connectivity index (χ2n) is 5.18. The first-order valence-electron chi connectivity index (χ1n) is 7.04. The minimum Gasteiger partial charge on any atom is -0.381 e. The zero-order valence-corrected chi connectivity index (χ0v) is 12.3. The fraction of sp³-hybridized carbons (Fsp3) is 0.533. The summed E-state index contributed by atoms with van der Waals surface area (Å²) in [5.41, 5.74) is 2.28. The van der Waals surface area contributed by atoms with Gasteiger partial charge in [0.1, 0.15) is 0 Å². The summed E-state index contributed by atoms with van der Waals surface area (Å²) in [5.74, 6) is 0.388. The van der Waals surface area contributed by atoms with Crippen molar-refractivity contribution in [2.24, 2.45) is 5.92 Å². The van der Waals surface area contributed by atoms with E-state index in [1.807, 2.05) is 17.0 Å². The quantitative estimate of drug-likeness (QED) is 0.861. The molecule has 2 aliphatic heterocycles. The van der Waals surface area contributed by atoms with Crippen molar-refractivity contribution in [3.63, 3.8) is 0 Å². The van der Waals surface area contributed by atoms with Crippen LogP contribution < -0.4 is 10.2 Å². The van der Waals surface area contributed by atoms with Crippen LogP contribution in [-0.2, 0) is 16.1 Å². The normalized spacial score (nSPS) is 19.7. The number of nitrogens with one attached hydrogen (secondary N) is 1. The van der Waals surface area contributed by atoms with Crippen LogP contribution in [0.2, 0.25) is 0 Å². The van der Waals surface area contributed by atoms with E-state index >= 15 is 0 Å². The van der Waals surface area contributed by atoms with E-state index in [0.29, 0.717) is 13.2 Å². The lowest BCUT2D eigenvalue weighted by atomic mass is 9.98. The minimum atomic E-state index is 0. The van der Waals surface area contributed by atoms with E-state index in [1.54, 1.807) is 0 Å². The van der Waals surface area contributed by atoms with Crippen molar-refractivity contribution in [1.29, 1.82) is 0 Å². The van der Waals surface area contributed by atoms with Crippen LogP contribution in [0.25, 0.3) is 0 Å². The van der Waals surface area contributed by atoms with Crippen molar-refractivity contribution >= 4 is 24.0 Å². The highest BCUT2D eigenvalue weighted by molar-refractivity contribution is 5.96. The molecule has 0 aliphatic carbocycles. The van der Waals surface area contributed by atoms with Crippen LogP contribution in [-0.4, -0.2) is 32.2 Å². The molecule has 1 N–H and O–H groups in total. The van der Waals surface area contributed by atoms with Crippen molar-refractivity contribution in [3.8, 4) is 0 Å². The number of anilines is 1. The lowest BCUT2D eigenvalue weighted by Gasteiger charge is -2.29. The smallest absolute Gasteiger partial charge is 0.230 e. The molecule has 110 valence electrons. The number of nitrogens with zero attached hydrogens (tertiary/aromatic N) is 1. The lowest BCUT2D eigenvalue weighted by Crippen LogP contribution is -2.40. The summed E-state index contributed by atoms with van der Waals surface area (Å²) < 4.78 is 5.35. The van der Waals surface area contributed by atoms with Gasteiger partial charge in [0, 0.05) is 44.5 Å². The number of carbonyl (C=O) groups is 1. The third kappa shape index (κ3) is 3.14. The zero-order chi connectivity index (χ0) is 13.1. The molecule has 4 nitrogen and oxygen atoms in total. The first kappa shape index (κ1) is 15.3. The van der Waals surface area contributed by atoms with Crippen molar-refractivity contribution < 1.29 is 9.53 Å². The second-order valence-corrected chi connectivity index (χ2v) is 5.18. The molecule has 2 aliphatic rings. The first-order chi connectivity index (χ1) is 9.36. The number of hydrogen-bond donors (Lipinski definition) is 1. The fourth-order valence-electron chi connectivity index (χ4n) is 2.85. The molecule has 20 heavy (non-hydrogen) atoms. The highest BCUT2D eigenvalue weighted by Crippen LogP contribution is 2.26. The Labute approximate surface area is 125 Å². The molecule has 0 aromatic heterocycles. The van der Waals surface area contributed by atoms with Gasteiger partial charge < -0.3 is 15.0 Å². The van der Waals surface area contributed by atoms with Gasteiger partial charge >= 0.3 is 0 Å². The number of fused-ring (bicyclic) bond motifs is 1. The summed E-state index contributed by atoms with van der Waals surface area (Å²) in [6.07, 6.45) is 1.70. The number of rotatable bonds is 1. The third-order valence-electron chi connectivity index (χ3n) is 3.95. The van der Waals surface area contributed by atoms with Crippen molar-refractivity contribution in [2.45, 2.75) is 19.4 Å². The number of amides is 1. The molecular weight excluding hydrogens is 276 g/mol. The SMILES string of the molecule is Cl.O=C(C1CCOCC1)N1CCNCc2ccccc21. The Morgan fingerprint density at radius 3 is 2.80 bits per heavy atom. The third-order valence-corrected chi connectivity index (χ3v) is 3.95. The van der Waals surface area contributed by atoms with Crippen molar-refractivity contribution in [2.75, 3.05) is 31.2 Å². The van der Waals surface area contributed by atoms with Gasteiger partial charge in [-0.1, -0.05) is 18.2 Å². The van der Waals surface area contributed by atoms with Crippen molar-refractivity contribution in [3.05, 3.63) is 29.8 Å². The molecule has 0 unspecified atom stereocenters. The molecular formula is C15H21ClN2O2. The molecule has 1 saturated heterocycles. The maximum Gasteiger partial charge on any atom is 0.230 e. The number of carbonyl (C=O) groups excluding carboxylic acids is 1. The van der Waals surface area contributed by atoms with Crippen LogP contribution in [0.15, 0.2) is 24.3 Å². The average Bonchev–Trinajstić information content (AvgIpc) is 2.70. The predicted octanol–water partition coefficient (Wildman–Crippen LogP) is 1.97. The van der Waals surface area contributed by atoms with Crippen LogP contribution in [0.1, 0.15) is 18.4 Å². The van der Waals surface area contributed by atoms with E-state index < -0.39 is 0 Å². The predicted molar refractivity (Wildman–Crippen MR) is 81.3 cm³/mol. The molecule has 1 aromatic carbocycles. The molecule has 0 saturated carbocycles. The highest BCUT2D eigenvalue weighted by atomic mass is 35.5. The van der Waals surface area contributed by atoms with Crippen LogP contribution in [0, 0.1) is 5.92 Å². The van der Waals surface area contributed by atoms with Crippen molar-refractivity contribution in [1.82, 2.24) is 5.32 Å². The molecule has 3 rings (SSSR count). The van der Waals surface area contributed by atoms with Gasteiger partial charge in [-0.2, -0.15) is 0 Å². The minimum absolute atomic E-state index is 0. The van der Waals surface area contributed by atoms with E-state index in [1.165, 1.54) is 5.56 Å². The maximum atomic E-state index is 12.7. The van der Waals surface area contributed by atoms with E-state index in [4.69, 9.17) is 4.74 Å². The topological polar surface area (TPSA) is 41.6 Å². The van der Waals surface area contributed by atoms with E-state index in [0.717, 1.165) is 38.2 Å². The molecule has 2 heterocycles.